The van der Waals surface area contributed by atoms with Gasteiger partial charge in [0.2, 0.25) is 11.8 Å². The van der Waals surface area contributed by atoms with Crippen LogP contribution in [0.15, 0.2) is 0 Å². The first-order chi connectivity index (χ1) is 8.40. The molecule has 9 heteroatoms. The Labute approximate surface area is 121 Å². The summed E-state index contributed by atoms with van der Waals surface area (Å²) in [7, 11) is 0. The van der Waals surface area contributed by atoms with Gasteiger partial charge in [-0.25, -0.2) is 0 Å². The zero-order valence-corrected chi connectivity index (χ0v) is 13.1. The Morgan fingerprint density at radius 1 is 0.895 bits per heavy atom. The standard InChI is InChI=1S/2C5H7NO3.Zn/c2*7-4-2-1-3(6-4)5(8)9;/h2*3H,1-2H2,(H,6,7)(H,8,9);/q;;+2/p-2. The molecule has 2 rings (SSSR count). The summed E-state index contributed by atoms with van der Waals surface area (Å²) in [5, 5.41) is 24.5. The summed E-state index contributed by atoms with van der Waals surface area (Å²) < 4.78 is 0. The van der Waals surface area contributed by atoms with Crippen molar-refractivity contribution in [3.8, 4) is 0 Å². The van der Waals surface area contributed by atoms with Crippen LogP contribution in [0.3, 0.4) is 0 Å². The van der Waals surface area contributed by atoms with E-state index in [4.69, 9.17) is 0 Å². The second-order valence-electron chi connectivity index (χ2n) is 3.96. The molecule has 0 aliphatic carbocycles. The van der Waals surface area contributed by atoms with Crippen molar-refractivity contribution in [1.29, 1.82) is 0 Å². The molecule has 0 aromatic rings. The average molecular weight is 322 g/mol. The van der Waals surface area contributed by atoms with E-state index in [-0.39, 0.29) is 31.3 Å². The summed E-state index contributed by atoms with van der Waals surface area (Å²) in [6.07, 6.45) is 1.33. The van der Waals surface area contributed by atoms with Crippen LogP contribution in [0.1, 0.15) is 25.7 Å². The molecule has 2 amide bonds. The minimum absolute atomic E-state index is 0. The first-order valence-electron chi connectivity index (χ1n) is 5.40. The van der Waals surface area contributed by atoms with Crippen molar-refractivity contribution in [1.82, 2.24) is 10.6 Å². The van der Waals surface area contributed by atoms with Crippen LogP contribution in [-0.4, -0.2) is 35.8 Å². The van der Waals surface area contributed by atoms with Gasteiger partial charge < -0.3 is 30.4 Å². The van der Waals surface area contributed by atoms with Crippen LogP contribution < -0.4 is 20.8 Å². The molecule has 19 heavy (non-hydrogen) atoms. The van der Waals surface area contributed by atoms with Gasteiger partial charge in [-0.1, -0.05) is 0 Å². The molecule has 2 unspecified atom stereocenters. The summed E-state index contributed by atoms with van der Waals surface area (Å²) in [6, 6.07) is -1.50. The van der Waals surface area contributed by atoms with Gasteiger partial charge in [-0.15, -0.1) is 0 Å². The molecule has 2 fully saturated rings. The van der Waals surface area contributed by atoms with E-state index >= 15 is 0 Å². The van der Waals surface area contributed by atoms with Crippen LogP contribution in [0.25, 0.3) is 0 Å². The Morgan fingerprint density at radius 3 is 1.32 bits per heavy atom. The third kappa shape index (κ3) is 5.78. The molecule has 0 saturated carbocycles. The molecule has 2 aliphatic heterocycles. The minimum Gasteiger partial charge on any atom is -0.548 e. The number of amides is 2. The molecule has 0 bridgehead atoms. The normalized spacial score (nSPS) is 24.4. The fourth-order valence-corrected chi connectivity index (χ4v) is 1.58. The van der Waals surface area contributed by atoms with Gasteiger partial charge in [0, 0.05) is 12.8 Å². The molecule has 2 N–H and O–H groups in total. The molecule has 2 saturated heterocycles. The number of carboxylic acids is 2. The van der Waals surface area contributed by atoms with Gasteiger partial charge in [0.1, 0.15) is 0 Å². The van der Waals surface area contributed by atoms with Crippen molar-refractivity contribution in [3.05, 3.63) is 0 Å². The van der Waals surface area contributed by atoms with E-state index in [1.54, 1.807) is 0 Å². The third-order valence-corrected chi connectivity index (χ3v) is 2.56. The van der Waals surface area contributed by atoms with Crippen molar-refractivity contribution < 1.29 is 48.9 Å². The average Bonchev–Trinajstić information content (AvgIpc) is 2.88. The first kappa shape index (κ1) is 17.5. The van der Waals surface area contributed by atoms with Gasteiger partial charge in [-0.05, 0) is 12.8 Å². The van der Waals surface area contributed by atoms with Crippen LogP contribution in [0.2, 0.25) is 0 Å². The van der Waals surface area contributed by atoms with Gasteiger partial charge in [-0.3, -0.25) is 9.59 Å². The van der Waals surface area contributed by atoms with Crippen molar-refractivity contribution in [2.75, 3.05) is 0 Å². The SMILES string of the molecule is O=C1CCC(C(=O)[O-])N1.O=C1CCC(C(=O)[O-])N1.[Zn+2]. The predicted octanol–water partition coefficient (Wildman–Crippen LogP) is -3.97. The summed E-state index contributed by atoms with van der Waals surface area (Å²) in [5.74, 6) is -2.80. The molecule has 100 valence electrons. The fraction of sp³-hybridized carbons (Fsp3) is 0.600. The van der Waals surface area contributed by atoms with Crippen molar-refractivity contribution in [3.63, 3.8) is 0 Å². The molecule has 0 spiro atoms. The number of nitrogens with one attached hydrogen (secondary N) is 2. The van der Waals surface area contributed by atoms with Gasteiger partial charge in [0.05, 0.1) is 24.0 Å². The van der Waals surface area contributed by atoms with Crippen LogP contribution in [0.5, 0.6) is 0 Å². The molecule has 2 heterocycles. The number of carbonyl (C=O) groups excluding carboxylic acids is 4. The maximum absolute atomic E-state index is 10.4. The zero-order chi connectivity index (χ0) is 13.7. The zero-order valence-electron chi connectivity index (χ0n) is 10.1. The molecule has 0 radical (unpaired) electrons. The summed E-state index contributed by atoms with van der Waals surface area (Å²) >= 11 is 0. The molecular weight excluding hydrogens is 310 g/mol. The fourth-order valence-electron chi connectivity index (χ4n) is 1.58. The molecule has 0 aromatic heterocycles. The third-order valence-electron chi connectivity index (χ3n) is 2.56. The molecule has 2 atom stereocenters. The van der Waals surface area contributed by atoms with Crippen molar-refractivity contribution in [2.24, 2.45) is 0 Å². The van der Waals surface area contributed by atoms with E-state index in [1.807, 2.05) is 0 Å². The van der Waals surface area contributed by atoms with Crippen LogP contribution in [-0.2, 0) is 38.7 Å². The van der Waals surface area contributed by atoms with E-state index < -0.39 is 24.0 Å². The number of carbonyl (C=O) groups is 4. The summed E-state index contributed by atoms with van der Waals surface area (Å²) in [5.41, 5.74) is 0. The van der Waals surface area contributed by atoms with E-state index in [1.165, 1.54) is 0 Å². The summed E-state index contributed by atoms with van der Waals surface area (Å²) in [6.45, 7) is 0. The molecule has 0 aromatic carbocycles. The van der Waals surface area contributed by atoms with E-state index in [9.17, 15) is 29.4 Å². The number of hydrogen-bond donors (Lipinski definition) is 2. The topological polar surface area (TPSA) is 138 Å². The quantitative estimate of drug-likeness (QED) is 0.497. The van der Waals surface area contributed by atoms with E-state index in [0.29, 0.717) is 25.7 Å². The van der Waals surface area contributed by atoms with Crippen LogP contribution >= 0.6 is 0 Å². The van der Waals surface area contributed by atoms with E-state index in [0.717, 1.165) is 0 Å². The van der Waals surface area contributed by atoms with Gasteiger partial charge in [-0.2, -0.15) is 0 Å². The number of carboxylic acid groups (broad SMARTS) is 2. The maximum atomic E-state index is 10.4. The Hall–Kier alpha value is -1.50. The second-order valence-corrected chi connectivity index (χ2v) is 3.96. The predicted molar refractivity (Wildman–Crippen MR) is 52.3 cm³/mol. The van der Waals surface area contributed by atoms with Crippen LogP contribution in [0.4, 0.5) is 0 Å². The Kier molecular flexibility index (Phi) is 7.22. The molecule has 8 nitrogen and oxygen atoms in total. The van der Waals surface area contributed by atoms with E-state index in [2.05, 4.69) is 10.6 Å². The van der Waals surface area contributed by atoms with Gasteiger partial charge in [0.15, 0.2) is 0 Å². The monoisotopic (exact) mass is 320 g/mol. The largest absolute Gasteiger partial charge is 2.00 e. The maximum Gasteiger partial charge on any atom is 2.00 e. The molecule has 2 aliphatic rings. The first-order valence-corrected chi connectivity index (χ1v) is 5.40. The number of aliphatic carboxylic acids is 2. The minimum atomic E-state index is -1.19. The van der Waals surface area contributed by atoms with Gasteiger partial charge >= 0.3 is 19.5 Å². The molecular formula is C10H12N2O6Zn. The summed E-state index contributed by atoms with van der Waals surface area (Å²) in [4.78, 5) is 40.8. The van der Waals surface area contributed by atoms with Crippen molar-refractivity contribution in [2.45, 2.75) is 37.8 Å². The smallest absolute Gasteiger partial charge is 0.548 e. The second kappa shape index (κ2) is 7.83. The number of hydrogen-bond acceptors (Lipinski definition) is 6. The Morgan fingerprint density at radius 2 is 1.21 bits per heavy atom. The Balaban J connectivity index is 0.000000324. The van der Waals surface area contributed by atoms with Crippen molar-refractivity contribution >= 4 is 23.8 Å². The number of rotatable bonds is 2. The van der Waals surface area contributed by atoms with Gasteiger partial charge in [0.25, 0.3) is 0 Å². The Bertz CT molecular complexity index is 350. The van der Waals surface area contributed by atoms with Crippen LogP contribution in [0, 0.1) is 0 Å².